The Bertz CT molecular complexity index is 1360. The van der Waals surface area contributed by atoms with E-state index in [9.17, 15) is 10.1 Å². The molecule has 0 spiro atoms. The molecule has 0 saturated carbocycles. The second-order valence-corrected chi connectivity index (χ2v) is 11.5. The highest BCUT2D eigenvalue weighted by molar-refractivity contribution is 7.17. The zero-order valence-corrected chi connectivity index (χ0v) is 20.3. The van der Waals surface area contributed by atoms with Crippen molar-refractivity contribution in [3.63, 3.8) is 0 Å². The van der Waals surface area contributed by atoms with Crippen molar-refractivity contribution in [2.45, 2.75) is 64.7 Å². The molecular weight excluding hydrogens is 442 g/mol. The van der Waals surface area contributed by atoms with Crippen LogP contribution in [0.2, 0.25) is 0 Å². The highest BCUT2D eigenvalue weighted by Gasteiger charge is 2.47. The minimum absolute atomic E-state index is 0.106. The summed E-state index contributed by atoms with van der Waals surface area (Å²) in [4.78, 5) is 26.3. The number of carbonyl (C=O) groups excluding carboxylic acids is 1. The van der Waals surface area contributed by atoms with Gasteiger partial charge in [-0.2, -0.15) is 5.26 Å². The highest BCUT2D eigenvalue weighted by Crippen LogP contribution is 2.55. The number of nitrogens with two attached hydrogens (primary N) is 1. The Labute approximate surface area is 203 Å². The Kier molecular flexibility index (Phi) is 4.79. The van der Waals surface area contributed by atoms with Crippen molar-refractivity contribution in [2.24, 2.45) is 16.1 Å². The van der Waals surface area contributed by atoms with Crippen LogP contribution in [0, 0.1) is 16.7 Å². The molecule has 1 atom stereocenters. The molecule has 6 rings (SSSR count). The molecule has 0 amide bonds. The number of aryl methyl sites for hydroxylation is 1. The summed E-state index contributed by atoms with van der Waals surface area (Å²) < 4.78 is 0. The number of carbonyl (C=O) groups is 1. The average Bonchev–Trinajstić information content (AvgIpc) is 3.01. The zero-order chi connectivity index (χ0) is 23.6. The number of aromatic nitrogens is 1. The fourth-order valence-electron chi connectivity index (χ4n) is 5.99. The molecule has 2 aromatic heterocycles. The number of amidine groups is 1. The average molecular weight is 470 g/mol. The maximum absolute atomic E-state index is 13.7. The van der Waals surface area contributed by atoms with Crippen LogP contribution in [-0.2, 0) is 17.6 Å². The first-order valence-corrected chi connectivity index (χ1v) is 12.8. The summed E-state index contributed by atoms with van der Waals surface area (Å²) in [5, 5.41) is 11.4. The molecule has 34 heavy (non-hydrogen) atoms. The van der Waals surface area contributed by atoms with Gasteiger partial charge in [-0.1, -0.05) is 26.3 Å². The maximum Gasteiger partial charge on any atom is 0.162 e. The van der Waals surface area contributed by atoms with Gasteiger partial charge in [-0.05, 0) is 54.7 Å². The molecule has 2 N–H and O–H groups in total. The third-order valence-corrected chi connectivity index (χ3v) is 8.70. The number of hydrogen-bond donors (Lipinski definition) is 1. The largest absolute Gasteiger partial charge is 0.383 e. The number of allylic oxidation sites excluding steroid dienone is 3. The number of thiophene rings is 1. The predicted molar refractivity (Wildman–Crippen MR) is 133 cm³/mol. The van der Waals surface area contributed by atoms with E-state index in [1.54, 1.807) is 23.7 Å². The first kappa shape index (κ1) is 21.3. The fourth-order valence-corrected chi connectivity index (χ4v) is 7.42. The summed E-state index contributed by atoms with van der Waals surface area (Å²) in [6.45, 7) is 4.28. The lowest BCUT2D eigenvalue weighted by molar-refractivity contribution is -0.118. The number of anilines is 1. The van der Waals surface area contributed by atoms with E-state index in [1.165, 1.54) is 23.3 Å². The van der Waals surface area contributed by atoms with Crippen molar-refractivity contribution < 1.29 is 4.79 Å². The number of aliphatic imine (C=N–C) groups is 1. The molecule has 0 fully saturated rings. The molecule has 2 aromatic rings. The molecule has 6 nitrogen and oxygen atoms in total. The van der Waals surface area contributed by atoms with Crippen molar-refractivity contribution in [2.75, 3.05) is 4.90 Å². The van der Waals surface area contributed by atoms with E-state index in [-0.39, 0.29) is 11.2 Å². The number of pyridine rings is 1. The SMILES string of the molecule is CC1(C)CC(=O)C2=C(C1)N1C(=C(C#N)[C@H]2c2cccnc2)N=C(N)c2c1sc1c2CCCCC1. The van der Waals surface area contributed by atoms with E-state index < -0.39 is 5.92 Å². The molecule has 4 heterocycles. The molecule has 172 valence electrons. The van der Waals surface area contributed by atoms with Gasteiger partial charge in [-0.15, -0.1) is 11.3 Å². The van der Waals surface area contributed by atoms with Gasteiger partial charge in [0.25, 0.3) is 0 Å². The molecular formula is C27H27N5OS. The molecule has 0 aromatic carbocycles. The van der Waals surface area contributed by atoms with Crippen molar-refractivity contribution in [3.8, 4) is 6.07 Å². The molecule has 0 unspecified atom stereocenters. The number of hydrogen-bond acceptors (Lipinski definition) is 7. The summed E-state index contributed by atoms with van der Waals surface area (Å²) >= 11 is 1.77. The highest BCUT2D eigenvalue weighted by atomic mass is 32.1. The van der Waals surface area contributed by atoms with Crippen LogP contribution in [-0.4, -0.2) is 16.6 Å². The Hall–Kier alpha value is -3.24. The Balaban J connectivity index is 1.65. The van der Waals surface area contributed by atoms with Crippen molar-refractivity contribution in [1.29, 1.82) is 5.26 Å². The molecule has 7 heteroatoms. The van der Waals surface area contributed by atoms with Crippen LogP contribution >= 0.6 is 11.3 Å². The van der Waals surface area contributed by atoms with Gasteiger partial charge in [0.2, 0.25) is 0 Å². The van der Waals surface area contributed by atoms with E-state index >= 15 is 0 Å². The van der Waals surface area contributed by atoms with Gasteiger partial charge in [-0.25, -0.2) is 4.99 Å². The minimum Gasteiger partial charge on any atom is -0.383 e. The summed E-state index contributed by atoms with van der Waals surface area (Å²) in [6, 6.07) is 6.21. The fraction of sp³-hybridized carbons (Fsp3) is 0.407. The van der Waals surface area contributed by atoms with Gasteiger partial charge < -0.3 is 5.73 Å². The number of nitriles is 1. The number of rotatable bonds is 1. The van der Waals surface area contributed by atoms with Crippen LogP contribution in [0.15, 0.2) is 52.2 Å². The minimum atomic E-state index is -0.473. The van der Waals surface area contributed by atoms with Gasteiger partial charge in [0.1, 0.15) is 10.8 Å². The second kappa shape index (κ2) is 7.64. The van der Waals surface area contributed by atoms with Crippen LogP contribution in [0.3, 0.4) is 0 Å². The third-order valence-electron chi connectivity index (χ3n) is 7.42. The second-order valence-electron chi connectivity index (χ2n) is 10.4. The quantitative estimate of drug-likeness (QED) is 0.585. The first-order valence-electron chi connectivity index (χ1n) is 12.0. The standard InChI is InChI=1S/C27H27N5OS/c1-27(2)11-18-23(19(33)12-27)21(15-7-6-10-30-14-15)17(13-28)25-31-24(29)22-16-8-4-3-5-9-20(16)34-26(22)32(18)25/h6-7,10,14,21H,3-5,8-9,11-12H2,1-2H3,(H2,29,31)/t21-/m1/s1. The lowest BCUT2D eigenvalue weighted by Gasteiger charge is -2.44. The summed E-state index contributed by atoms with van der Waals surface area (Å²) in [6.07, 6.45) is 10.3. The lowest BCUT2D eigenvalue weighted by atomic mass is 9.68. The van der Waals surface area contributed by atoms with E-state index in [4.69, 9.17) is 10.7 Å². The molecule has 2 aliphatic carbocycles. The van der Waals surface area contributed by atoms with Gasteiger partial charge in [-0.3, -0.25) is 14.7 Å². The molecule has 2 aliphatic heterocycles. The molecule has 0 saturated heterocycles. The normalized spacial score (nSPS) is 23.3. The van der Waals surface area contributed by atoms with Gasteiger partial charge in [0.05, 0.1) is 23.1 Å². The van der Waals surface area contributed by atoms with Crippen LogP contribution in [0.4, 0.5) is 5.00 Å². The first-order chi connectivity index (χ1) is 16.4. The Morgan fingerprint density at radius 1 is 1.24 bits per heavy atom. The molecule has 0 bridgehead atoms. The van der Waals surface area contributed by atoms with Crippen LogP contribution < -0.4 is 10.6 Å². The number of fused-ring (bicyclic) bond motifs is 6. The maximum atomic E-state index is 13.7. The van der Waals surface area contributed by atoms with E-state index in [0.29, 0.717) is 23.7 Å². The van der Waals surface area contributed by atoms with E-state index in [1.807, 2.05) is 12.1 Å². The van der Waals surface area contributed by atoms with E-state index in [2.05, 4.69) is 29.8 Å². The smallest absolute Gasteiger partial charge is 0.162 e. The Morgan fingerprint density at radius 2 is 2.06 bits per heavy atom. The Morgan fingerprint density at radius 3 is 2.82 bits per heavy atom. The predicted octanol–water partition coefficient (Wildman–Crippen LogP) is 5.11. The number of Topliss-reactive ketones (excluding diaryl/α,β-unsaturated/α-hetero) is 1. The molecule has 4 aliphatic rings. The van der Waals surface area contributed by atoms with Crippen LogP contribution in [0.25, 0.3) is 0 Å². The summed E-state index contributed by atoms with van der Waals surface area (Å²) in [5.74, 6) is 0.694. The van der Waals surface area contributed by atoms with Crippen molar-refractivity contribution in [1.82, 2.24) is 4.98 Å². The molecule has 0 radical (unpaired) electrons. The van der Waals surface area contributed by atoms with Gasteiger partial charge >= 0.3 is 0 Å². The van der Waals surface area contributed by atoms with Crippen molar-refractivity contribution in [3.05, 3.63) is 68.8 Å². The number of nitrogens with zero attached hydrogens (tertiary/aromatic N) is 4. The van der Waals surface area contributed by atoms with Crippen LogP contribution in [0.5, 0.6) is 0 Å². The zero-order valence-electron chi connectivity index (χ0n) is 19.5. The van der Waals surface area contributed by atoms with Crippen molar-refractivity contribution >= 4 is 28.0 Å². The topological polar surface area (TPSA) is 95.4 Å². The van der Waals surface area contributed by atoms with Crippen LogP contribution in [0.1, 0.15) is 73.4 Å². The van der Waals surface area contributed by atoms with E-state index in [0.717, 1.165) is 53.1 Å². The lowest BCUT2D eigenvalue weighted by Crippen LogP contribution is -2.41. The number of ketones is 1. The van der Waals surface area contributed by atoms with Gasteiger partial charge in [0.15, 0.2) is 11.6 Å². The van der Waals surface area contributed by atoms with Gasteiger partial charge in [0, 0.05) is 35.0 Å². The summed E-state index contributed by atoms with van der Waals surface area (Å²) in [7, 11) is 0. The summed E-state index contributed by atoms with van der Waals surface area (Å²) in [5.41, 5.74) is 11.8. The monoisotopic (exact) mass is 469 g/mol. The third kappa shape index (κ3) is 3.08.